The molecule has 11 heavy (non-hydrogen) atoms. The molecule has 0 fully saturated rings. The van der Waals surface area contributed by atoms with Crippen LogP contribution < -0.4 is 8.27 Å². The van der Waals surface area contributed by atoms with Gasteiger partial charge >= 0.3 is 0 Å². The highest BCUT2D eigenvalue weighted by molar-refractivity contribution is 14.1. The van der Waals surface area contributed by atoms with Crippen LogP contribution in [0.3, 0.4) is 0 Å². The Hall–Kier alpha value is -0.520. The molecule has 0 saturated heterocycles. The second-order valence-electron chi connectivity index (χ2n) is 1.94. The molecule has 1 aromatic carbocycles. The number of rotatable bonds is 2. The van der Waals surface area contributed by atoms with Crippen LogP contribution in [-0.2, 0) is 0 Å². The van der Waals surface area contributed by atoms with Crippen molar-refractivity contribution in [1.29, 1.82) is 0 Å². The van der Waals surface area contributed by atoms with Gasteiger partial charge < -0.3 is 8.27 Å². The third-order valence-electron chi connectivity index (χ3n) is 1.28. The quantitative estimate of drug-likeness (QED) is 0.657. The predicted molar refractivity (Wildman–Crippen MR) is 50.6 cm³/mol. The third kappa shape index (κ3) is 1.95. The molecule has 0 amide bonds. The van der Waals surface area contributed by atoms with Crippen molar-refractivity contribution in [3.05, 3.63) is 24.0 Å². The van der Waals surface area contributed by atoms with Crippen LogP contribution in [0.25, 0.3) is 0 Å². The van der Waals surface area contributed by atoms with Crippen molar-refractivity contribution in [2.24, 2.45) is 0 Å². The molecular formula is C7H7FINO. The normalized spacial score (nSPS) is 9.36. The number of methoxy groups -OCH3 is 1. The Kier molecular flexibility index (Phi) is 2.92. The summed E-state index contributed by atoms with van der Waals surface area (Å²) in [5.74, 6) is 0.219. The van der Waals surface area contributed by atoms with E-state index >= 15 is 0 Å². The largest absolute Gasteiger partial charge is 0.497 e. The van der Waals surface area contributed by atoms with Crippen LogP contribution in [0.1, 0.15) is 0 Å². The average Bonchev–Trinajstić information content (AvgIpc) is 2.04. The number of ether oxygens (including phenoxy) is 1. The van der Waals surface area contributed by atoms with Gasteiger partial charge in [-0.15, -0.1) is 0 Å². The van der Waals surface area contributed by atoms with Gasteiger partial charge in [0.15, 0.2) is 5.82 Å². The molecule has 0 aromatic heterocycles. The zero-order chi connectivity index (χ0) is 8.27. The molecule has 0 bridgehead atoms. The molecule has 0 aliphatic heterocycles. The maximum absolute atomic E-state index is 12.9. The van der Waals surface area contributed by atoms with Crippen LogP contribution >= 0.6 is 22.9 Å². The summed E-state index contributed by atoms with van der Waals surface area (Å²) in [5, 5.41) is 0. The lowest BCUT2D eigenvalue weighted by atomic mass is 10.3. The van der Waals surface area contributed by atoms with E-state index in [1.807, 2.05) is 22.9 Å². The fourth-order valence-corrected chi connectivity index (χ4v) is 1.14. The van der Waals surface area contributed by atoms with Crippen molar-refractivity contribution in [3.8, 4) is 5.75 Å². The molecule has 0 spiro atoms. The minimum atomic E-state index is -0.307. The maximum Gasteiger partial charge on any atom is 0.150 e. The molecule has 0 atom stereocenters. The fourth-order valence-electron chi connectivity index (χ4n) is 0.699. The Bertz CT molecular complexity index is 254. The van der Waals surface area contributed by atoms with Gasteiger partial charge in [-0.2, -0.15) is 0 Å². The zero-order valence-corrected chi connectivity index (χ0v) is 8.05. The Morgan fingerprint density at radius 1 is 1.55 bits per heavy atom. The summed E-state index contributed by atoms with van der Waals surface area (Å²) in [4.78, 5) is 0. The Morgan fingerprint density at radius 3 is 2.73 bits per heavy atom. The number of halogens is 2. The van der Waals surface area contributed by atoms with Crippen LogP contribution in [0.4, 0.5) is 10.1 Å². The molecule has 4 heteroatoms. The first-order valence-corrected chi connectivity index (χ1v) is 4.06. The molecular weight excluding hydrogens is 260 g/mol. The van der Waals surface area contributed by atoms with E-state index in [0.29, 0.717) is 11.4 Å². The van der Waals surface area contributed by atoms with Gasteiger partial charge in [-0.05, 0) is 12.1 Å². The molecule has 1 rings (SSSR count). The van der Waals surface area contributed by atoms with E-state index in [0.717, 1.165) is 0 Å². The lowest BCUT2D eigenvalue weighted by Crippen LogP contribution is -1.88. The SMILES string of the molecule is COc1ccc(NI)c(F)c1. The van der Waals surface area contributed by atoms with Gasteiger partial charge in [0.1, 0.15) is 5.75 Å². The lowest BCUT2D eigenvalue weighted by Gasteiger charge is -2.02. The highest BCUT2D eigenvalue weighted by Gasteiger charge is 2.00. The fraction of sp³-hybridized carbons (Fsp3) is 0.143. The van der Waals surface area contributed by atoms with Crippen LogP contribution in [0.5, 0.6) is 5.75 Å². The van der Waals surface area contributed by atoms with Crippen LogP contribution in [0.15, 0.2) is 18.2 Å². The van der Waals surface area contributed by atoms with E-state index in [-0.39, 0.29) is 5.82 Å². The van der Waals surface area contributed by atoms with Gasteiger partial charge in [0.05, 0.1) is 35.7 Å². The molecule has 0 saturated carbocycles. The Labute approximate surface area is 78.2 Å². The summed E-state index contributed by atoms with van der Waals surface area (Å²) in [6, 6.07) is 4.66. The third-order valence-corrected chi connectivity index (χ3v) is 1.86. The summed E-state index contributed by atoms with van der Waals surface area (Å²) in [6.45, 7) is 0. The highest BCUT2D eigenvalue weighted by Crippen LogP contribution is 2.20. The molecule has 2 nitrogen and oxygen atoms in total. The number of nitrogens with one attached hydrogen (secondary N) is 1. The molecule has 0 radical (unpaired) electrons. The minimum absolute atomic E-state index is 0.307. The Balaban J connectivity index is 2.99. The second-order valence-corrected chi connectivity index (χ2v) is 2.48. The average molecular weight is 267 g/mol. The smallest absolute Gasteiger partial charge is 0.150 e. The predicted octanol–water partition coefficient (Wildman–Crippen LogP) is 2.60. The first kappa shape index (κ1) is 8.58. The van der Waals surface area contributed by atoms with Gasteiger partial charge in [0.25, 0.3) is 0 Å². The molecule has 1 aromatic rings. The van der Waals surface area contributed by atoms with E-state index in [9.17, 15) is 4.39 Å². The van der Waals surface area contributed by atoms with Crippen molar-refractivity contribution in [3.63, 3.8) is 0 Å². The van der Waals surface area contributed by atoms with Gasteiger partial charge in [-0.3, -0.25) is 0 Å². The summed E-state index contributed by atoms with van der Waals surface area (Å²) < 4.78 is 20.4. The van der Waals surface area contributed by atoms with E-state index in [2.05, 4.69) is 3.53 Å². The number of hydrogen-bond acceptors (Lipinski definition) is 2. The first-order chi connectivity index (χ1) is 5.27. The summed E-state index contributed by atoms with van der Waals surface area (Å²) in [7, 11) is 1.51. The molecule has 0 aliphatic carbocycles. The van der Waals surface area contributed by atoms with Crippen LogP contribution in [-0.4, -0.2) is 7.11 Å². The molecule has 60 valence electrons. The number of anilines is 1. The molecule has 1 N–H and O–H groups in total. The summed E-state index contributed by atoms with van der Waals surface area (Å²) in [6.07, 6.45) is 0. The number of hydrogen-bond donors (Lipinski definition) is 1. The van der Waals surface area contributed by atoms with E-state index in [1.54, 1.807) is 12.1 Å². The van der Waals surface area contributed by atoms with Gasteiger partial charge in [-0.25, -0.2) is 4.39 Å². The van der Waals surface area contributed by atoms with Crippen molar-refractivity contribution in [1.82, 2.24) is 0 Å². The number of benzene rings is 1. The van der Waals surface area contributed by atoms with Crippen molar-refractivity contribution in [2.45, 2.75) is 0 Å². The van der Waals surface area contributed by atoms with Crippen LogP contribution in [0, 0.1) is 5.82 Å². The first-order valence-electron chi connectivity index (χ1n) is 2.98. The van der Waals surface area contributed by atoms with E-state index in [4.69, 9.17) is 4.74 Å². The van der Waals surface area contributed by atoms with Gasteiger partial charge in [0.2, 0.25) is 0 Å². The van der Waals surface area contributed by atoms with Gasteiger partial charge in [-0.1, -0.05) is 0 Å². The molecule has 0 heterocycles. The standard InChI is InChI=1S/C7H7FINO/c1-11-5-2-3-7(10-9)6(8)4-5/h2-4,10H,1H3. The lowest BCUT2D eigenvalue weighted by molar-refractivity contribution is 0.411. The zero-order valence-electron chi connectivity index (χ0n) is 5.90. The van der Waals surface area contributed by atoms with Crippen molar-refractivity contribution >= 4 is 28.6 Å². The monoisotopic (exact) mass is 267 g/mol. The topological polar surface area (TPSA) is 21.3 Å². The van der Waals surface area contributed by atoms with Crippen molar-refractivity contribution < 1.29 is 9.13 Å². The van der Waals surface area contributed by atoms with Gasteiger partial charge in [0, 0.05) is 6.07 Å². The minimum Gasteiger partial charge on any atom is -0.497 e. The van der Waals surface area contributed by atoms with Crippen LogP contribution in [0.2, 0.25) is 0 Å². The van der Waals surface area contributed by atoms with E-state index in [1.165, 1.54) is 13.2 Å². The van der Waals surface area contributed by atoms with Crippen molar-refractivity contribution in [2.75, 3.05) is 10.6 Å². The van der Waals surface area contributed by atoms with E-state index < -0.39 is 0 Å². The highest BCUT2D eigenvalue weighted by atomic mass is 127. The molecule has 0 aliphatic rings. The Morgan fingerprint density at radius 2 is 2.27 bits per heavy atom. The maximum atomic E-state index is 12.9. The second kappa shape index (κ2) is 3.75. The molecule has 0 unspecified atom stereocenters. The summed E-state index contributed by atoms with van der Waals surface area (Å²) in [5.41, 5.74) is 0.464. The summed E-state index contributed by atoms with van der Waals surface area (Å²) >= 11 is 1.87.